The highest BCUT2D eigenvalue weighted by Gasteiger charge is 2.21. The molecule has 0 bridgehead atoms. The van der Waals surface area contributed by atoms with E-state index in [9.17, 15) is 4.79 Å². The molecular formula is C18H23N7OS. The fourth-order valence-electron chi connectivity index (χ4n) is 2.66. The third kappa shape index (κ3) is 3.87. The minimum Gasteiger partial charge on any atom is -0.322 e. The molecule has 0 unspecified atom stereocenters. The first-order valence-electron chi connectivity index (χ1n) is 8.61. The first-order chi connectivity index (χ1) is 12.8. The summed E-state index contributed by atoms with van der Waals surface area (Å²) in [5, 5.41) is 19.4. The fraction of sp³-hybridized carbons (Fsp3) is 0.389. The Morgan fingerprint density at radius 1 is 1.19 bits per heavy atom. The van der Waals surface area contributed by atoms with Crippen molar-refractivity contribution in [1.29, 1.82) is 0 Å². The Balaban J connectivity index is 1.76. The van der Waals surface area contributed by atoms with Crippen LogP contribution in [0.2, 0.25) is 0 Å². The number of benzene rings is 1. The van der Waals surface area contributed by atoms with Crippen molar-refractivity contribution in [3.8, 4) is 5.69 Å². The van der Waals surface area contributed by atoms with E-state index in [0.29, 0.717) is 5.16 Å². The van der Waals surface area contributed by atoms with Crippen molar-refractivity contribution >= 4 is 23.4 Å². The maximum atomic E-state index is 12.7. The molecule has 142 valence electrons. The molecule has 3 aromatic rings. The lowest BCUT2D eigenvalue weighted by Crippen LogP contribution is -2.23. The van der Waals surface area contributed by atoms with E-state index in [1.54, 1.807) is 9.36 Å². The highest BCUT2D eigenvalue weighted by atomic mass is 32.2. The number of aromatic nitrogens is 6. The molecule has 1 amide bonds. The van der Waals surface area contributed by atoms with Gasteiger partial charge in [0.1, 0.15) is 0 Å². The van der Waals surface area contributed by atoms with Crippen molar-refractivity contribution in [2.24, 2.45) is 7.05 Å². The van der Waals surface area contributed by atoms with Crippen LogP contribution in [0.5, 0.6) is 0 Å². The number of carbonyl (C=O) groups is 1. The molecule has 0 radical (unpaired) electrons. The van der Waals surface area contributed by atoms with Gasteiger partial charge < -0.3 is 5.32 Å². The van der Waals surface area contributed by atoms with Gasteiger partial charge in [-0.25, -0.2) is 0 Å². The minimum atomic E-state index is -0.375. The second-order valence-electron chi connectivity index (χ2n) is 6.56. The smallest absolute Gasteiger partial charge is 0.237 e. The number of aryl methyl sites for hydroxylation is 4. The molecule has 1 atom stereocenters. The maximum absolute atomic E-state index is 12.7. The van der Waals surface area contributed by atoms with E-state index in [1.807, 2.05) is 52.9 Å². The number of hydrogen-bond donors (Lipinski definition) is 1. The summed E-state index contributed by atoms with van der Waals surface area (Å²) in [7, 11) is 1.86. The van der Waals surface area contributed by atoms with Crippen molar-refractivity contribution < 1.29 is 4.79 Å². The van der Waals surface area contributed by atoms with E-state index in [4.69, 9.17) is 0 Å². The summed E-state index contributed by atoms with van der Waals surface area (Å²) in [6.45, 7) is 9.74. The highest BCUT2D eigenvalue weighted by Crippen LogP contribution is 2.26. The Labute approximate surface area is 162 Å². The molecule has 3 rings (SSSR count). The summed E-state index contributed by atoms with van der Waals surface area (Å²) in [5.41, 5.74) is 5.70. The summed E-state index contributed by atoms with van der Waals surface area (Å²) in [6, 6.07) is 6.03. The molecule has 1 N–H and O–H groups in total. The lowest BCUT2D eigenvalue weighted by molar-refractivity contribution is -0.115. The summed E-state index contributed by atoms with van der Waals surface area (Å²) in [6.07, 6.45) is 0. The summed E-state index contributed by atoms with van der Waals surface area (Å²) in [4.78, 5) is 12.7. The third-order valence-corrected chi connectivity index (χ3v) is 5.62. The van der Waals surface area contributed by atoms with Crippen molar-refractivity contribution in [2.75, 3.05) is 5.32 Å². The van der Waals surface area contributed by atoms with Gasteiger partial charge in [0.15, 0.2) is 0 Å². The monoisotopic (exact) mass is 385 g/mol. The first kappa shape index (κ1) is 19.1. The van der Waals surface area contributed by atoms with Gasteiger partial charge in [-0.1, -0.05) is 17.8 Å². The van der Waals surface area contributed by atoms with Crippen molar-refractivity contribution in [1.82, 2.24) is 30.0 Å². The van der Waals surface area contributed by atoms with Crippen LogP contribution in [0.1, 0.15) is 29.4 Å². The molecule has 2 heterocycles. The largest absolute Gasteiger partial charge is 0.322 e. The average Bonchev–Trinajstić information content (AvgIpc) is 3.17. The SMILES string of the molecule is Cc1ccc(-n2nnnc2S[C@H](C)C(=O)Nc2c(C)nn(C)c2C)cc1C. The van der Waals surface area contributed by atoms with Crippen molar-refractivity contribution in [2.45, 2.75) is 45.0 Å². The second kappa shape index (κ2) is 7.51. The summed E-state index contributed by atoms with van der Waals surface area (Å²) >= 11 is 1.32. The molecule has 9 heteroatoms. The van der Waals surface area contributed by atoms with Crippen LogP contribution in [0, 0.1) is 27.7 Å². The topological polar surface area (TPSA) is 90.5 Å². The standard InChI is InChI=1S/C18H23N7OS/c1-10-7-8-15(9-11(10)2)25-18(20-22-23-25)27-14(5)17(26)19-16-12(3)21-24(6)13(16)4/h7-9,14H,1-6H3,(H,19,26)/t14-/m1/s1. The number of anilines is 1. The number of amides is 1. The minimum absolute atomic E-state index is 0.117. The Hall–Kier alpha value is -2.68. The maximum Gasteiger partial charge on any atom is 0.237 e. The summed E-state index contributed by atoms with van der Waals surface area (Å²) in [5.74, 6) is -0.117. The fourth-order valence-corrected chi connectivity index (χ4v) is 3.47. The van der Waals surface area contributed by atoms with E-state index < -0.39 is 0 Å². The molecule has 0 aliphatic heterocycles. The lowest BCUT2D eigenvalue weighted by atomic mass is 10.1. The van der Waals surface area contributed by atoms with Gasteiger partial charge in [0.2, 0.25) is 11.1 Å². The van der Waals surface area contributed by atoms with Gasteiger partial charge in [-0.05, 0) is 68.3 Å². The van der Waals surface area contributed by atoms with E-state index in [2.05, 4.69) is 32.9 Å². The normalized spacial score (nSPS) is 12.2. The van der Waals surface area contributed by atoms with Crippen LogP contribution in [-0.2, 0) is 11.8 Å². The lowest BCUT2D eigenvalue weighted by Gasteiger charge is -2.12. The molecule has 0 saturated heterocycles. The van der Waals surface area contributed by atoms with E-state index in [0.717, 1.165) is 28.3 Å². The quantitative estimate of drug-likeness (QED) is 0.679. The molecule has 1 aromatic carbocycles. The van der Waals surface area contributed by atoms with Crippen LogP contribution < -0.4 is 5.32 Å². The van der Waals surface area contributed by atoms with E-state index >= 15 is 0 Å². The van der Waals surface area contributed by atoms with Gasteiger partial charge in [0.05, 0.1) is 28.0 Å². The van der Waals surface area contributed by atoms with E-state index in [1.165, 1.54) is 17.3 Å². The van der Waals surface area contributed by atoms with Crippen LogP contribution >= 0.6 is 11.8 Å². The molecule has 0 fully saturated rings. The van der Waals surface area contributed by atoms with Gasteiger partial charge in [-0.3, -0.25) is 9.48 Å². The van der Waals surface area contributed by atoms with Crippen LogP contribution in [0.25, 0.3) is 5.69 Å². The van der Waals surface area contributed by atoms with Crippen LogP contribution in [0.3, 0.4) is 0 Å². The number of thioether (sulfide) groups is 1. The van der Waals surface area contributed by atoms with Gasteiger partial charge in [-0.2, -0.15) is 9.78 Å². The molecule has 0 aliphatic rings. The third-order valence-electron chi connectivity index (χ3n) is 4.58. The number of hydrogen-bond acceptors (Lipinski definition) is 6. The zero-order chi connectivity index (χ0) is 19.7. The molecule has 0 spiro atoms. The molecule has 0 saturated carbocycles. The van der Waals surface area contributed by atoms with Crippen LogP contribution in [-0.4, -0.2) is 41.1 Å². The second-order valence-corrected chi connectivity index (χ2v) is 7.87. The Bertz CT molecular complexity index is 992. The Morgan fingerprint density at radius 2 is 1.93 bits per heavy atom. The predicted molar refractivity (Wildman–Crippen MR) is 105 cm³/mol. The van der Waals surface area contributed by atoms with E-state index in [-0.39, 0.29) is 11.2 Å². The molecule has 8 nitrogen and oxygen atoms in total. The Morgan fingerprint density at radius 3 is 2.56 bits per heavy atom. The molecular weight excluding hydrogens is 362 g/mol. The zero-order valence-electron chi connectivity index (χ0n) is 16.3. The number of tetrazole rings is 1. The van der Waals surface area contributed by atoms with Gasteiger partial charge in [-0.15, -0.1) is 5.10 Å². The predicted octanol–water partition coefficient (Wildman–Crippen LogP) is 2.75. The zero-order valence-corrected chi connectivity index (χ0v) is 17.1. The van der Waals surface area contributed by atoms with Crippen molar-refractivity contribution in [3.05, 3.63) is 40.7 Å². The molecule has 27 heavy (non-hydrogen) atoms. The highest BCUT2D eigenvalue weighted by molar-refractivity contribution is 8.00. The molecule has 0 aliphatic carbocycles. The van der Waals surface area contributed by atoms with Crippen LogP contribution in [0.15, 0.2) is 23.4 Å². The molecule has 2 aromatic heterocycles. The van der Waals surface area contributed by atoms with Crippen molar-refractivity contribution in [3.63, 3.8) is 0 Å². The number of nitrogens with zero attached hydrogens (tertiary/aromatic N) is 6. The van der Waals surface area contributed by atoms with Gasteiger partial charge >= 0.3 is 0 Å². The van der Waals surface area contributed by atoms with Gasteiger partial charge in [0, 0.05) is 7.05 Å². The van der Waals surface area contributed by atoms with Crippen LogP contribution in [0.4, 0.5) is 5.69 Å². The number of carbonyl (C=O) groups excluding carboxylic acids is 1. The summed E-state index contributed by atoms with van der Waals surface area (Å²) < 4.78 is 3.41. The first-order valence-corrected chi connectivity index (χ1v) is 9.49. The number of nitrogens with one attached hydrogen (secondary N) is 1. The number of rotatable bonds is 5. The van der Waals surface area contributed by atoms with Gasteiger partial charge in [0.25, 0.3) is 0 Å². The average molecular weight is 385 g/mol. The Kier molecular flexibility index (Phi) is 5.31.